The van der Waals surface area contributed by atoms with Crippen molar-refractivity contribution in [2.45, 2.75) is 19.4 Å². The van der Waals surface area contributed by atoms with Crippen molar-refractivity contribution in [2.24, 2.45) is 4.99 Å². The van der Waals surface area contributed by atoms with Crippen LogP contribution in [-0.4, -0.2) is 46.5 Å². The number of nitrogens with zero attached hydrogens (tertiary/aromatic N) is 1. The molecule has 2 aromatic rings. The number of hydrogen-bond acceptors (Lipinski definition) is 6. The fourth-order valence-electron chi connectivity index (χ4n) is 3.10. The average molecular weight is 371 g/mol. The van der Waals surface area contributed by atoms with E-state index >= 15 is 0 Å². The number of hydrogen-bond donors (Lipinski definition) is 0. The summed E-state index contributed by atoms with van der Waals surface area (Å²) in [7, 11) is 6.45. The molecule has 6 heteroatoms. The van der Waals surface area contributed by atoms with E-state index in [-0.39, 0.29) is 5.54 Å². The Kier molecular flexibility index (Phi) is 5.17. The molecule has 0 atom stereocenters. The summed E-state index contributed by atoms with van der Waals surface area (Å²) in [6.45, 7) is 4.57. The first kappa shape index (κ1) is 18.9. The monoisotopic (exact) mass is 371 g/mol. The minimum absolute atomic E-state index is 0.293. The second kappa shape index (κ2) is 7.39. The summed E-state index contributed by atoms with van der Waals surface area (Å²) in [5.41, 5.74) is 2.30. The maximum Gasteiger partial charge on any atom is 0.221 e. The average Bonchev–Trinajstić information content (AvgIpc) is 3.05. The zero-order chi connectivity index (χ0) is 19.6. The smallest absolute Gasteiger partial charge is 0.221 e. The van der Waals surface area contributed by atoms with Gasteiger partial charge in [-0.3, -0.25) is 0 Å². The summed E-state index contributed by atoms with van der Waals surface area (Å²) in [6, 6.07) is 9.59. The Morgan fingerprint density at radius 3 is 2.07 bits per heavy atom. The third kappa shape index (κ3) is 3.52. The van der Waals surface area contributed by atoms with Crippen molar-refractivity contribution in [3.05, 3.63) is 35.9 Å². The molecule has 0 radical (unpaired) electrons. The van der Waals surface area contributed by atoms with Crippen LogP contribution in [0.2, 0.25) is 0 Å². The molecule has 0 aliphatic carbocycles. The second-order valence-corrected chi connectivity index (χ2v) is 6.81. The van der Waals surface area contributed by atoms with E-state index in [1.165, 1.54) is 0 Å². The molecule has 144 valence electrons. The standard InChI is InChI=1S/C21H25NO5/c1-21(2)12-27-20(22-21)18-14(8-10-16(24-4)19(18)26-6)13-7-9-15(23-3)17(11-13)25-5/h7-11H,12H2,1-6H3. The Morgan fingerprint density at radius 1 is 0.852 bits per heavy atom. The molecular weight excluding hydrogens is 346 g/mol. The zero-order valence-corrected chi connectivity index (χ0v) is 16.6. The molecule has 0 aromatic heterocycles. The van der Waals surface area contributed by atoms with Gasteiger partial charge in [-0.25, -0.2) is 4.99 Å². The van der Waals surface area contributed by atoms with Crippen molar-refractivity contribution in [3.8, 4) is 34.1 Å². The molecule has 0 fully saturated rings. The lowest BCUT2D eigenvalue weighted by Gasteiger charge is -2.17. The van der Waals surface area contributed by atoms with Gasteiger partial charge in [-0.15, -0.1) is 0 Å². The van der Waals surface area contributed by atoms with Crippen molar-refractivity contribution < 1.29 is 23.7 Å². The van der Waals surface area contributed by atoms with Crippen molar-refractivity contribution in [2.75, 3.05) is 35.0 Å². The van der Waals surface area contributed by atoms with Gasteiger partial charge in [-0.1, -0.05) is 6.07 Å². The summed E-state index contributed by atoms with van der Waals surface area (Å²) in [6.07, 6.45) is 0. The highest BCUT2D eigenvalue weighted by atomic mass is 16.5. The van der Waals surface area contributed by atoms with Crippen LogP contribution in [0.25, 0.3) is 11.1 Å². The summed E-state index contributed by atoms with van der Waals surface area (Å²) in [5, 5.41) is 0. The van der Waals surface area contributed by atoms with E-state index < -0.39 is 0 Å². The van der Waals surface area contributed by atoms with Crippen molar-refractivity contribution in [1.82, 2.24) is 0 Å². The van der Waals surface area contributed by atoms with E-state index in [1.807, 2.05) is 44.2 Å². The highest BCUT2D eigenvalue weighted by Crippen LogP contribution is 2.42. The van der Waals surface area contributed by atoms with Crippen molar-refractivity contribution in [3.63, 3.8) is 0 Å². The van der Waals surface area contributed by atoms with E-state index in [0.29, 0.717) is 35.5 Å². The largest absolute Gasteiger partial charge is 0.493 e. The van der Waals surface area contributed by atoms with Gasteiger partial charge in [0.1, 0.15) is 6.61 Å². The summed E-state index contributed by atoms with van der Waals surface area (Å²) >= 11 is 0. The molecule has 6 nitrogen and oxygen atoms in total. The van der Waals surface area contributed by atoms with Crippen LogP contribution in [-0.2, 0) is 4.74 Å². The lowest BCUT2D eigenvalue weighted by Crippen LogP contribution is -2.17. The van der Waals surface area contributed by atoms with Gasteiger partial charge in [0.05, 0.1) is 39.5 Å². The Balaban J connectivity index is 2.25. The zero-order valence-electron chi connectivity index (χ0n) is 16.6. The van der Waals surface area contributed by atoms with E-state index in [0.717, 1.165) is 16.7 Å². The van der Waals surface area contributed by atoms with Crippen LogP contribution in [0.1, 0.15) is 19.4 Å². The minimum atomic E-state index is -0.293. The van der Waals surface area contributed by atoms with E-state index in [2.05, 4.69) is 0 Å². The van der Waals surface area contributed by atoms with Crippen LogP contribution >= 0.6 is 0 Å². The third-order valence-electron chi connectivity index (χ3n) is 4.42. The van der Waals surface area contributed by atoms with Gasteiger partial charge >= 0.3 is 0 Å². The molecule has 0 amide bonds. The van der Waals surface area contributed by atoms with Gasteiger partial charge in [0.25, 0.3) is 0 Å². The molecule has 2 aromatic carbocycles. The van der Waals surface area contributed by atoms with Gasteiger partial charge in [0, 0.05) is 0 Å². The number of methoxy groups -OCH3 is 4. The molecule has 1 heterocycles. The molecule has 3 rings (SSSR count). The van der Waals surface area contributed by atoms with Crippen LogP contribution in [0.3, 0.4) is 0 Å². The fourth-order valence-corrected chi connectivity index (χ4v) is 3.10. The van der Waals surface area contributed by atoms with Gasteiger partial charge in [0.2, 0.25) is 5.90 Å². The summed E-state index contributed by atoms with van der Waals surface area (Å²) in [4.78, 5) is 4.74. The molecule has 0 saturated heterocycles. The van der Waals surface area contributed by atoms with Crippen LogP contribution in [0.15, 0.2) is 35.3 Å². The van der Waals surface area contributed by atoms with Gasteiger partial charge < -0.3 is 23.7 Å². The first-order chi connectivity index (χ1) is 12.9. The predicted molar refractivity (Wildman–Crippen MR) is 105 cm³/mol. The fraction of sp³-hybridized carbons (Fsp3) is 0.381. The molecule has 0 spiro atoms. The molecule has 0 unspecified atom stereocenters. The SMILES string of the molecule is COc1ccc(-c2ccc(OC)c(OC)c2C2=NC(C)(C)CO2)cc1OC. The molecule has 27 heavy (non-hydrogen) atoms. The Morgan fingerprint density at radius 2 is 1.52 bits per heavy atom. The normalized spacial score (nSPS) is 15.0. The number of benzene rings is 2. The topological polar surface area (TPSA) is 58.5 Å². The number of rotatable bonds is 6. The van der Waals surface area contributed by atoms with E-state index in [9.17, 15) is 0 Å². The second-order valence-electron chi connectivity index (χ2n) is 6.81. The maximum absolute atomic E-state index is 5.92. The number of aliphatic imine (C=N–C) groups is 1. The summed E-state index contributed by atoms with van der Waals surface area (Å²) < 4.78 is 27.9. The first-order valence-electron chi connectivity index (χ1n) is 8.64. The van der Waals surface area contributed by atoms with E-state index in [4.69, 9.17) is 28.7 Å². The highest BCUT2D eigenvalue weighted by molar-refractivity contribution is 6.05. The van der Waals surface area contributed by atoms with Crippen LogP contribution in [0.4, 0.5) is 0 Å². The Labute approximate surface area is 159 Å². The highest BCUT2D eigenvalue weighted by Gasteiger charge is 2.31. The summed E-state index contributed by atoms with van der Waals surface area (Å²) in [5.74, 6) is 3.05. The van der Waals surface area contributed by atoms with Crippen LogP contribution in [0.5, 0.6) is 23.0 Å². The first-order valence-corrected chi connectivity index (χ1v) is 8.64. The molecule has 1 aliphatic heterocycles. The Hall–Kier alpha value is -2.89. The Bertz CT molecular complexity index is 873. The predicted octanol–water partition coefficient (Wildman–Crippen LogP) is 3.94. The van der Waals surface area contributed by atoms with Gasteiger partial charge in [-0.05, 0) is 49.2 Å². The quantitative estimate of drug-likeness (QED) is 0.770. The third-order valence-corrected chi connectivity index (χ3v) is 4.42. The minimum Gasteiger partial charge on any atom is -0.493 e. The van der Waals surface area contributed by atoms with Crippen LogP contribution < -0.4 is 18.9 Å². The molecule has 0 N–H and O–H groups in total. The van der Waals surface area contributed by atoms with Gasteiger partial charge in [-0.2, -0.15) is 0 Å². The van der Waals surface area contributed by atoms with Crippen molar-refractivity contribution >= 4 is 5.90 Å². The lowest BCUT2D eigenvalue weighted by atomic mass is 9.97. The van der Waals surface area contributed by atoms with E-state index in [1.54, 1.807) is 28.4 Å². The molecule has 1 aliphatic rings. The van der Waals surface area contributed by atoms with Crippen LogP contribution in [0, 0.1) is 0 Å². The van der Waals surface area contributed by atoms with Gasteiger partial charge in [0.15, 0.2) is 23.0 Å². The number of ether oxygens (including phenoxy) is 5. The maximum atomic E-state index is 5.92. The molecule has 0 bridgehead atoms. The molecular formula is C21H25NO5. The lowest BCUT2D eigenvalue weighted by molar-refractivity contribution is 0.278. The van der Waals surface area contributed by atoms with Crippen molar-refractivity contribution in [1.29, 1.82) is 0 Å². The molecule has 0 saturated carbocycles.